The first-order chi connectivity index (χ1) is 11.3. The van der Waals surface area contributed by atoms with E-state index in [-0.39, 0.29) is 15.8 Å². The Morgan fingerprint density at radius 1 is 1.32 bits per heavy atom. The smallest absolute Gasteiger partial charge is 0.192 e. The summed E-state index contributed by atoms with van der Waals surface area (Å²) in [5.41, 5.74) is 0. The van der Waals surface area contributed by atoms with Crippen LogP contribution in [0.1, 0.15) is 72.3 Å². The SMILES string of the molecule is CC(C)(C)[S+]([O-])NC(CO[Si](C)(C)C(C)(C)C)c1nccn1C1CC1. The number of nitrogens with one attached hydrogen (secondary N) is 1. The first-order valence-corrected chi connectivity index (χ1v) is 13.2. The highest BCUT2D eigenvalue weighted by Gasteiger charge is 2.40. The second kappa shape index (κ2) is 7.35. The van der Waals surface area contributed by atoms with E-state index in [1.54, 1.807) is 0 Å². The Labute approximate surface area is 157 Å². The molecule has 0 amide bonds. The van der Waals surface area contributed by atoms with Gasteiger partial charge in [0.2, 0.25) is 0 Å². The van der Waals surface area contributed by atoms with Crippen molar-refractivity contribution in [2.24, 2.45) is 0 Å². The van der Waals surface area contributed by atoms with E-state index >= 15 is 0 Å². The first-order valence-electron chi connectivity index (χ1n) is 9.17. The van der Waals surface area contributed by atoms with Gasteiger partial charge in [-0.25, -0.2) is 4.98 Å². The van der Waals surface area contributed by atoms with Gasteiger partial charge in [-0.3, -0.25) is 0 Å². The molecule has 1 N–H and O–H groups in total. The highest BCUT2D eigenvalue weighted by atomic mass is 32.2. The number of rotatable bonds is 7. The molecule has 0 spiro atoms. The van der Waals surface area contributed by atoms with Crippen molar-refractivity contribution >= 4 is 19.7 Å². The minimum atomic E-state index is -1.88. The van der Waals surface area contributed by atoms with E-state index in [9.17, 15) is 4.55 Å². The fraction of sp³-hybridized carbons (Fsp3) is 0.833. The van der Waals surface area contributed by atoms with Gasteiger partial charge in [0.05, 0.1) is 6.61 Å². The van der Waals surface area contributed by atoms with E-state index in [2.05, 4.69) is 48.1 Å². The molecule has 1 aliphatic rings. The maximum atomic E-state index is 12.7. The van der Waals surface area contributed by atoms with Gasteiger partial charge in [-0.15, -0.1) is 4.72 Å². The summed E-state index contributed by atoms with van der Waals surface area (Å²) in [5, 5.41) is 0.145. The fourth-order valence-corrected chi connectivity index (χ4v) is 4.03. The molecule has 1 fully saturated rings. The van der Waals surface area contributed by atoms with Gasteiger partial charge >= 0.3 is 0 Å². The van der Waals surface area contributed by atoms with E-state index in [1.807, 2.05) is 33.2 Å². The second-order valence-electron chi connectivity index (χ2n) is 9.55. The summed E-state index contributed by atoms with van der Waals surface area (Å²) >= 11 is -1.17. The third kappa shape index (κ3) is 5.32. The summed E-state index contributed by atoms with van der Waals surface area (Å²) in [6.45, 7) is 17.7. The molecule has 2 atom stereocenters. The van der Waals surface area contributed by atoms with Crippen LogP contribution in [0, 0.1) is 0 Å². The molecular formula is C18H35N3O2SSi. The standard InChI is InChI=1S/C18H35N3O2SSi/c1-17(2,3)24(22)20-15(13-23-25(7,8)18(4,5)6)16-19-11-12-21(16)14-9-10-14/h11-12,14-15,20H,9-10,13H2,1-8H3. The molecule has 7 heteroatoms. The molecule has 0 aliphatic heterocycles. The lowest BCUT2D eigenvalue weighted by Crippen LogP contribution is -2.46. The Kier molecular flexibility index (Phi) is 6.16. The molecule has 1 aliphatic carbocycles. The van der Waals surface area contributed by atoms with Gasteiger partial charge in [0, 0.05) is 29.8 Å². The molecule has 1 saturated carbocycles. The lowest BCUT2D eigenvalue weighted by atomic mass is 10.2. The average Bonchev–Trinajstić information content (AvgIpc) is 3.18. The van der Waals surface area contributed by atoms with E-state index < -0.39 is 19.7 Å². The van der Waals surface area contributed by atoms with Crippen LogP contribution in [0.25, 0.3) is 0 Å². The van der Waals surface area contributed by atoms with Crippen molar-refractivity contribution in [3.63, 3.8) is 0 Å². The van der Waals surface area contributed by atoms with E-state index in [1.165, 1.54) is 12.8 Å². The summed E-state index contributed by atoms with van der Waals surface area (Å²) in [5.74, 6) is 0.943. The molecule has 0 aromatic carbocycles. The summed E-state index contributed by atoms with van der Waals surface area (Å²) in [7, 11) is -1.88. The third-order valence-corrected chi connectivity index (χ3v) is 11.3. The molecule has 2 unspecified atom stereocenters. The minimum absolute atomic E-state index is 0.145. The summed E-state index contributed by atoms with van der Waals surface area (Å²) in [6, 6.07) is 0.377. The van der Waals surface area contributed by atoms with Gasteiger partial charge in [-0.05, 0) is 51.7 Å². The van der Waals surface area contributed by atoms with E-state index in [0.29, 0.717) is 12.6 Å². The Bertz CT molecular complexity index is 574. The average molecular weight is 386 g/mol. The second-order valence-corrected chi connectivity index (χ2v) is 16.4. The quantitative estimate of drug-likeness (QED) is 0.560. The van der Waals surface area contributed by atoms with Crippen LogP contribution in [0.3, 0.4) is 0 Å². The van der Waals surface area contributed by atoms with Crippen molar-refractivity contribution in [3.8, 4) is 0 Å². The maximum absolute atomic E-state index is 12.7. The molecule has 0 radical (unpaired) electrons. The zero-order valence-corrected chi connectivity index (χ0v) is 18.9. The summed E-state index contributed by atoms with van der Waals surface area (Å²) in [6.07, 6.45) is 6.27. The van der Waals surface area contributed by atoms with Crippen LogP contribution in [-0.4, -0.2) is 33.8 Å². The van der Waals surface area contributed by atoms with Gasteiger partial charge in [0.25, 0.3) is 0 Å². The van der Waals surface area contributed by atoms with Crippen LogP contribution >= 0.6 is 0 Å². The predicted molar refractivity (Wildman–Crippen MR) is 107 cm³/mol. The topological polar surface area (TPSA) is 62.1 Å². The van der Waals surface area contributed by atoms with Gasteiger partial charge in [-0.2, -0.15) is 0 Å². The monoisotopic (exact) mass is 385 g/mol. The zero-order chi connectivity index (χ0) is 19.0. The molecule has 0 bridgehead atoms. The Morgan fingerprint density at radius 2 is 1.92 bits per heavy atom. The van der Waals surface area contributed by atoms with Crippen LogP contribution in [-0.2, 0) is 15.8 Å². The third-order valence-electron chi connectivity index (χ3n) is 5.17. The molecule has 25 heavy (non-hydrogen) atoms. The Hall–Kier alpha value is -0.343. The van der Waals surface area contributed by atoms with Crippen molar-refractivity contribution < 1.29 is 8.98 Å². The van der Waals surface area contributed by atoms with Gasteiger partial charge in [0.15, 0.2) is 8.32 Å². The van der Waals surface area contributed by atoms with Crippen LogP contribution < -0.4 is 4.72 Å². The molecule has 5 nitrogen and oxygen atoms in total. The molecule has 0 saturated heterocycles. The molecule has 2 rings (SSSR count). The highest BCUT2D eigenvalue weighted by molar-refractivity contribution is 7.90. The van der Waals surface area contributed by atoms with Crippen LogP contribution in [0.2, 0.25) is 18.1 Å². The fourth-order valence-electron chi connectivity index (χ4n) is 2.23. The number of imidazole rings is 1. The molecule has 1 aromatic rings. The lowest BCUT2D eigenvalue weighted by molar-refractivity contribution is 0.249. The van der Waals surface area contributed by atoms with Crippen LogP contribution in [0.4, 0.5) is 0 Å². The van der Waals surface area contributed by atoms with Gasteiger partial charge < -0.3 is 13.5 Å². The van der Waals surface area contributed by atoms with Crippen LogP contribution in [0.5, 0.6) is 0 Å². The number of hydrogen-bond acceptors (Lipinski definition) is 4. The summed E-state index contributed by atoms with van der Waals surface area (Å²) < 4.78 is 24.3. The van der Waals surface area contributed by atoms with Crippen molar-refractivity contribution in [2.75, 3.05) is 6.61 Å². The zero-order valence-electron chi connectivity index (χ0n) is 17.0. The maximum Gasteiger partial charge on any atom is 0.192 e. The van der Waals surface area contributed by atoms with Crippen molar-refractivity contribution in [1.29, 1.82) is 0 Å². The number of hydrogen-bond donors (Lipinski definition) is 1. The molecular weight excluding hydrogens is 350 g/mol. The van der Waals surface area contributed by atoms with Crippen molar-refractivity contribution in [1.82, 2.24) is 14.3 Å². The number of aromatic nitrogens is 2. The minimum Gasteiger partial charge on any atom is -0.598 e. The van der Waals surface area contributed by atoms with Crippen molar-refractivity contribution in [2.45, 2.75) is 89.3 Å². The molecule has 144 valence electrons. The molecule has 1 heterocycles. The predicted octanol–water partition coefficient (Wildman–Crippen LogP) is 4.33. The van der Waals surface area contributed by atoms with E-state index in [4.69, 9.17) is 4.43 Å². The van der Waals surface area contributed by atoms with Gasteiger partial charge in [-0.1, -0.05) is 20.8 Å². The highest BCUT2D eigenvalue weighted by Crippen LogP contribution is 2.39. The first kappa shape index (κ1) is 21.0. The van der Waals surface area contributed by atoms with E-state index in [0.717, 1.165) is 5.82 Å². The Balaban J connectivity index is 2.19. The van der Waals surface area contributed by atoms with Gasteiger partial charge in [0.1, 0.15) is 16.6 Å². The van der Waals surface area contributed by atoms with Crippen molar-refractivity contribution in [3.05, 3.63) is 18.2 Å². The number of nitrogens with zero attached hydrogens (tertiary/aromatic N) is 2. The lowest BCUT2D eigenvalue weighted by Gasteiger charge is -2.37. The molecule has 1 aromatic heterocycles. The van der Waals surface area contributed by atoms with Crippen LogP contribution in [0.15, 0.2) is 12.4 Å². The summed E-state index contributed by atoms with van der Waals surface area (Å²) in [4.78, 5) is 4.58. The normalized spacial score (nSPS) is 19.1. The largest absolute Gasteiger partial charge is 0.598 e. The Morgan fingerprint density at radius 3 is 2.40 bits per heavy atom.